The van der Waals surface area contributed by atoms with Crippen LogP contribution in [0.4, 0.5) is 5.82 Å². The Morgan fingerprint density at radius 2 is 2.00 bits per heavy atom. The molecule has 0 bridgehead atoms. The Kier molecular flexibility index (Phi) is 3.59. The lowest BCUT2D eigenvalue weighted by molar-refractivity contribution is 0.454. The van der Waals surface area contributed by atoms with Gasteiger partial charge >= 0.3 is 0 Å². The summed E-state index contributed by atoms with van der Waals surface area (Å²) in [5.41, 5.74) is 3.62. The number of benzene rings is 1. The summed E-state index contributed by atoms with van der Waals surface area (Å²) >= 11 is 0. The Morgan fingerprint density at radius 1 is 1.26 bits per heavy atom. The molecule has 1 aromatic heterocycles. The van der Waals surface area contributed by atoms with E-state index in [2.05, 4.69) is 21.5 Å². The highest BCUT2D eigenvalue weighted by Gasteiger charge is 2.12. The van der Waals surface area contributed by atoms with Gasteiger partial charge in [-0.25, -0.2) is 10.8 Å². The number of hydrogen-bond donors (Lipinski definition) is 2. The molecule has 2 rings (SSSR count). The quantitative estimate of drug-likeness (QED) is 0.643. The van der Waals surface area contributed by atoms with Crippen LogP contribution in [0.3, 0.4) is 0 Å². The minimum Gasteiger partial charge on any atom is -0.437 e. The predicted molar refractivity (Wildman–Crippen MR) is 70.5 cm³/mol. The maximum absolute atomic E-state index is 9.03. The van der Waals surface area contributed by atoms with Crippen LogP contribution >= 0.6 is 0 Å². The highest BCUT2D eigenvalue weighted by molar-refractivity contribution is 5.50. The topological polar surface area (TPSA) is 96.9 Å². The molecule has 3 N–H and O–H groups in total. The van der Waals surface area contributed by atoms with Crippen molar-refractivity contribution in [2.75, 3.05) is 5.43 Å². The van der Waals surface area contributed by atoms with E-state index in [9.17, 15) is 0 Å². The average Bonchev–Trinajstić information content (AvgIpc) is 2.43. The van der Waals surface area contributed by atoms with E-state index in [0.717, 1.165) is 0 Å². The van der Waals surface area contributed by atoms with Crippen LogP contribution < -0.4 is 16.0 Å². The molecule has 0 aliphatic carbocycles. The predicted octanol–water partition coefficient (Wildman–Crippen LogP) is 2.04. The third-order valence-corrected chi connectivity index (χ3v) is 2.56. The van der Waals surface area contributed by atoms with Crippen molar-refractivity contribution in [1.29, 1.82) is 5.26 Å². The summed E-state index contributed by atoms with van der Waals surface area (Å²) in [6.45, 7) is 3.53. The zero-order valence-corrected chi connectivity index (χ0v) is 10.6. The first-order valence-electron chi connectivity index (χ1n) is 5.64. The Morgan fingerprint density at radius 3 is 2.68 bits per heavy atom. The molecular weight excluding hydrogens is 242 g/mol. The van der Waals surface area contributed by atoms with Crippen molar-refractivity contribution in [2.24, 2.45) is 5.84 Å². The number of anilines is 1. The fraction of sp³-hybridized carbons (Fsp3) is 0.154. The summed E-state index contributed by atoms with van der Waals surface area (Å²) < 4.78 is 5.69. The maximum atomic E-state index is 9.03. The molecule has 0 saturated carbocycles. The molecule has 0 unspecified atom stereocenters. The van der Waals surface area contributed by atoms with Crippen LogP contribution in [0.2, 0.25) is 0 Å². The van der Waals surface area contributed by atoms with Crippen LogP contribution in [0.1, 0.15) is 17.0 Å². The lowest BCUT2D eigenvalue weighted by Crippen LogP contribution is -2.12. The number of para-hydroxylation sites is 1. The third kappa shape index (κ3) is 2.61. The van der Waals surface area contributed by atoms with Gasteiger partial charge in [-0.3, -0.25) is 0 Å². The van der Waals surface area contributed by atoms with E-state index >= 15 is 0 Å². The van der Waals surface area contributed by atoms with Gasteiger partial charge in [0.25, 0.3) is 0 Å². The molecule has 0 aliphatic heterocycles. The highest BCUT2D eigenvalue weighted by Crippen LogP contribution is 2.28. The number of nitrogen functional groups attached to an aromatic ring is 1. The van der Waals surface area contributed by atoms with Gasteiger partial charge in [0.1, 0.15) is 23.5 Å². The van der Waals surface area contributed by atoms with E-state index in [1.165, 1.54) is 0 Å². The molecule has 0 spiro atoms. The lowest BCUT2D eigenvalue weighted by Gasteiger charge is -2.12. The van der Waals surface area contributed by atoms with E-state index in [0.29, 0.717) is 34.4 Å². The number of hydrazine groups is 1. The molecule has 6 heteroatoms. The van der Waals surface area contributed by atoms with Crippen molar-refractivity contribution in [2.45, 2.75) is 13.8 Å². The molecule has 0 aliphatic rings. The number of nitrogens with zero attached hydrogens (tertiary/aromatic N) is 3. The fourth-order valence-corrected chi connectivity index (χ4v) is 1.59. The third-order valence-electron chi connectivity index (χ3n) is 2.56. The minimum atomic E-state index is 0.378. The highest BCUT2D eigenvalue weighted by atomic mass is 16.5. The molecule has 0 radical (unpaired) electrons. The summed E-state index contributed by atoms with van der Waals surface area (Å²) in [4.78, 5) is 8.36. The number of nitriles is 1. The molecule has 1 aromatic carbocycles. The Balaban J connectivity index is 2.44. The fourth-order valence-electron chi connectivity index (χ4n) is 1.59. The van der Waals surface area contributed by atoms with Gasteiger partial charge in [0.05, 0.1) is 11.1 Å². The largest absolute Gasteiger partial charge is 0.437 e. The van der Waals surface area contributed by atoms with E-state index in [1.54, 1.807) is 38.1 Å². The molecule has 1 heterocycles. The first kappa shape index (κ1) is 12.8. The van der Waals surface area contributed by atoms with Crippen LogP contribution in [0.5, 0.6) is 11.6 Å². The molecule has 2 aromatic rings. The summed E-state index contributed by atoms with van der Waals surface area (Å²) in [7, 11) is 0. The number of rotatable bonds is 3. The second-order valence-corrected chi connectivity index (χ2v) is 3.90. The normalized spacial score (nSPS) is 9.79. The first-order valence-corrected chi connectivity index (χ1v) is 5.64. The number of nitrogens with two attached hydrogens (primary N) is 1. The van der Waals surface area contributed by atoms with Crippen LogP contribution in [0.25, 0.3) is 0 Å². The zero-order valence-electron chi connectivity index (χ0n) is 10.6. The van der Waals surface area contributed by atoms with Crippen LogP contribution in [0, 0.1) is 25.2 Å². The van der Waals surface area contributed by atoms with Crippen molar-refractivity contribution in [1.82, 2.24) is 9.97 Å². The first-order chi connectivity index (χ1) is 9.15. The monoisotopic (exact) mass is 255 g/mol. The summed E-state index contributed by atoms with van der Waals surface area (Å²) in [5, 5.41) is 9.03. The standard InChI is InChI=1S/C13H13N5O/c1-8-12(18-15)16-9(2)17-13(8)19-11-6-4-3-5-10(11)7-14/h3-6H,15H2,1-2H3,(H,16,17,18). The second kappa shape index (κ2) is 5.33. The average molecular weight is 255 g/mol. The SMILES string of the molecule is Cc1nc(NN)c(C)c(Oc2ccccc2C#N)n1. The molecule has 96 valence electrons. The maximum Gasteiger partial charge on any atom is 0.227 e. The molecular formula is C13H13N5O. The van der Waals surface area contributed by atoms with Gasteiger partial charge in [-0.15, -0.1) is 0 Å². The molecule has 0 atom stereocenters. The van der Waals surface area contributed by atoms with E-state index in [4.69, 9.17) is 15.8 Å². The molecule has 6 nitrogen and oxygen atoms in total. The minimum absolute atomic E-state index is 0.378. The van der Waals surface area contributed by atoms with Gasteiger partial charge in [0.15, 0.2) is 0 Å². The lowest BCUT2D eigenvalue weighted by atomic mass is 10.2. The van der Waals surface area contributed by atoms with Gasteiger partial charge in [-0.05, 0) is 26.0 Å². The molecule has 19 heavy (non-hydrogen) atoms. The van der Waals surface area contributed by atoms with Gasteiger partial charge in [-0.2, -0.15) is 10.2 Å². The number of aryl methyl sites for hydroxylation is 1. The van der Waals surface area contributed by atoms with E-state index in [1.807, 2.05) is 0 Å². The molecule has 0 fully saturated rings. The van der Waals surface area contributed by atoms with Crippen molar-refractivity contribution >= 4 is 5.82 Å². The second-order valence-electron chi connectivity index (χ2n) is 3.90. The molecule has 0 saturated heterocycles. The number of nitrogens with one attached hydrogen (secondary N) is 1. The Labute approximate surface area is 110 Å². The smallest absolute Gasteiger partial charge is 0.227 e. The Bertz CT molecular complexity index is 648. The van der Waals surface area contributed by atoms with Crippen LogP contribution in [0.15, 0.2) is 24.3 Å². The van der Waals surface area contributed by atoms with Crippen LogP contribution in [-0.4, -0.2) is 9.97 Å². The van der Waals surface area contributed by atoms with Gasteiger partial charge in [0, 0.05) is 0 Å². The van der Waals surface area contributed by atoms with Crippen molar-refractivity contribution < 1.29 is 4.74 Å². The van der Waals surface area contributed by atoms with E-state index < -0.39 is 0 Å². The summed E-state index contributed by atoms with van der Waals surface area (Å²) in [5.74, 6) is 7.25. The van der Waals surface area contributed by atoms with Gasteiger partial charge in [-0.1, -0.05) is 12.1 Å². The summed E-state index contributed by atoms with van der Waals surface area (Å²) in [6, 6.07) is 9.03. The zero-order chi connectivity index (χ0) is 13.8. The van der Waals surface area contributed by atoms with Gasteiger partial charge < -0.3 is 10.2 Å². The van der Waals surface area contributed by atoms with Gasteiger partial charge in [0.2, 0.25) is 5.88 Å². The number of hydrogen-bond acceptors (Lipinski definition) is 6. The number of aromatic nitrogens is 2. The Hall–Kier alpha value is -2.65. The van der Waals surface area contributed by atoms with Crippen molar-refractivity contribution in [3.8, 4) is 17.7 Å². The van der Waals surface area contributed by atoms with E-state index in [-0.39, 0.29) is 0 Å². The van der Waals surface area contributed by atoms with Crippen molar-refractivity contribution in [3.05, 3.63) is 41.2 Å². The number of ether oxygens (including phenoxy) is 1. The van der Waals surface area contributed by atoms with Crippen LogP contribution in [-0.2, 0) is 0 Å². The summed E-state index contributed by atoms with van der Waals surface area (Å²) in [6.07, 6.45) is 0. The molecule has 0 amide bonds. The van der Waals surface area contributed by atoms with Crippen molar-refractivity contribution in [3.63, 3.8) is 0 Å².